The Kier molecular flexibility index (Phi) is 4.99. The van der Waals surface area contributed by atoms with Crippen LogP contribution in [0.3, 0.4) is 0 Å². The first-order chi connectivity index (χ1) is 15.5. The first-order valence-electron chi connectivity index (χ1n) is 11.7. The first kappa shape index (κ1) is 20.8. The highest BCUT2D eigenvalue weighted by molar-refractivity contribution is 14.1. The number of carbonyl (C=O) groups excluding carboxylic acids is 2. The molecule has 5 aliphatic rings. The van der Waals surface area contributed by atoms with Crippen molar-refractivity contribution in [2.24, 2.45) is 23.2 Å². The topological polar surface area (TPSA) is 52.6 Å². The van der Waals surface area contributed by atoms with Gasteiger partial charge in [0.1, 0.15) is 12.4 Å². The number of hydrogen-bond donors (Lipinski definition) is 0. The number of fused-ring (bicyclic) bond motifs is 1. The van der Waals surface area contributed by atoms with Crippen molar-refractivity contribution in [1.29, 1.82) is 0 Å². The summed E-state index contributed by atoms with van der Waals surface area (Å²) in [6.07, 6.45) is 6.15. The summed E-state index contributed by atoms with van der Waals surface area (Å²) in [5, 5.41) is 0. The van der Waals surface area contributed by atoms with Gasteiger partial charge in [0.05, 0.1) is 0 Å². The minimum absolute atomic E-state index is 0.0331. The zero-order chi connectivity index (χ0) is 21.9. The minimum Gasteiger partial charge on any atom is -0.477 e. The number of hydrogen-bond acceptors (Lipinski definition) is 4. The van der Waals surface area contributed by atoms with E-state index in [0.717, 1.165) is 24.8 Å². The molecule has 4 nitrogen and oxygen atoms in total. The molecular formula is C27H27IO4. The average molecular weight is 542 g/mol. The molecule has 0 saturated heterocycles. The fourth-order valence-corrected chi connectivity index (χ4v) is 8.11. The van der Waals surface area contributed by atoms with Gasteiger partial charge >= 0.3 is 0 Å². The summed E-state index contributed by atoms with van der Waals surface area (Å²) in [5.74, 6) is 2.88. The Bertz CT molecular complexity index is 1030. The third-order valence-electron chi connectivity index (χ3n) is 8.18. The van der Waals surface area contributed by atoms with Crippen molar-refractivity contribution < 1.29 is 19.1 Å². The highest BCUT2D eigenvalue weighted by atomic mass is 127. The second-order valence-electron chi connectivity index (χ2n) is 10.3. The van der Waals surface area contributed by atoms with E-state index in [1.165, 1.54) is 19.3 Å². The lowest BCUT2D eigenvalue weighted by Crippen LogP contribution is -2.52. The Morgan fingerprint density at radius 2 is 1.50 bits per heavy atom. The maximum atomic E-state index is 13.6. The van der Waals surface area contributed by atoms with Crippen LogP contribution in [0.2, 0.25) is 0 Å². The van der Waals surface area contributed by atoms with Crippen molar-refractivity contribution >= 4 is 34.2 Å². The fourth-order valence-electron chi connectivity index (χ4n) is 7.10. The van der Waals surface area contributed by atoms with Crippen molar-refractivity contribution in [2.75, 3.05) is 6.61 Å². The van der Waals surface area contributed by atoms with E-state index in [1.54, 1.807) is 12.1 Å². The number of carbonyl (C=O) groups is 2. The van der Waals surface area contributed by atoms with E-state index in [-0.39, 0.29) is 23.6 Å². The van der Waals surface area contributed by atoms with E-state index in [4.69, 9.17) is 9.47 Å². The van der Waals surface area contributed by atoms with Crippen LogP contribution < -0.4 is 4.74 Å². The Morgan fingerprint density at radius 1 is 0.906 bits per heavy atom. The molecule has 7 rings (SSSR count). The number of halogens is 1. The van der Waals surface area contributed by atoms with Crippen molar-refractivity contribution in [3.63, 3.8) is 0 Å². The molecule has 0 spiro atoms. The smallest absolute Gasteiger partial charge is 0.207 e. The summed E-state index contributed by atoms with van der Waals surface area (Å²) in [7, 11) is 0. The Balaban J connectivity index is 1.27. The van der Waals surface area contributed by atoms with E-state index in [9.17, 15) is 9.59 Å². The van der Waals surface area contributed by atoms with Crippen LogP contribution in [-0.4, -0.2) is 24.3 Å². The van der Waals surface area contributed by atoms with Gasteiger partial charge in [0.2, 0.25) is 11.9 Å². The number of ketones is 2. The third kappa shape index (κ3) is 3.26. The molecule has 2 aromatic carbocycles. The molecular weight excluding hydrogens is 515 g/mol. The van der Waals surface area contributed by atoms with E-state index in [2.05, 4.69) is 22.6 Å². The maximum absolute atomic E-state index is 13.6. The van der Waals surface area contributed by atoms with Crippen molar-refractivity contribution in [2.45, 2.75) is 48.2 Å². The van der Waals surface area contributed by atoms with E-state index in [1.807, 2.05) is 42.5 Å². The van der Waals surface area contributed by atoms with Gasteiger partial charge in [-0.15, -0.1) is 0 Å². The zero-order valence-electron chi connectivity index (χ0n) is 18.0. The number of rotatable bonds is 6. The third-order valence-corrected chi connectivity index (χ3v) is 9.63. The number of Topliss-reactive ketones (excluding diaryl/α,β-unsaturated/α-hetero) is 2. The van der Waals surface area contributed by atoms with Gasteiger partial charge in [0.25, 0.3) is 0 Å². The van der Waals surface area contributed by atoms with Gasteiger partial charge in [0.15, 0.2) is 9.39 Å². The molecule has 0 N–H and O–H groups in total. The Morgan fingerprint density at radius 3 is 2.16 bits per heavy atom. The standard InChI is InChI=1S/C27H27IO4/c28-27(31-16-23(29)26-13-17-10-18(14-26)12-19(11-17)15-26)21-8-4-5-9-22(21)32-25(27)24(30)20-6-2-1-3-7-20/h1-9,17-19,25H,10-16H2. The lowest BCUT2D eigenvalue weighted by molar-refractivity contribution is -0.152. The normalized spacial score (nSPS) is 36.5. The van der Waals surface area contributed by atoms with Gasteiger partial charge in [-0.25, -0.2) is 0 Å². The fraction of sp³-hybridized carbons (Fsp3) is 0.481. The maximum Gasteiger partial charge on any atom is 0.207 e. The van der Waals surface area contributed by atoms with Crippen LogP contribution in [0.1, 0.15) is 54.4 Å². The molecule has 0 amide bonds. The Labute approximate surface area is 202 Å². The second-order valence-corrected chi connectivity index (χ2v) is 11.9. The number of benzene rings is 2. The monoisotopic (exact) mass is 542 g/mol. The van der Waals surface area contributed by atoms with Gasteiger partial charge < -0.3 is 9.47 Å². The lowest BCUT2D eigenvalue weighted by atomic mass is 9.48. The zero-order valence-corrected chi connectivity index (χ0v) is 20.1. The summed E-state index contributed by atoms with van der Waals surface area (Å²) in [6, 6.07) is 16.8. The van der Waals surface area contributed by atoms with Gasteiger partial charge in [-0.05, 0) is 84.9 Å². The first-order valence-corrected chi connectivity index (χ1v) is 12.8. The van der Waals surface area contributed by atoms with Crippen molar-refractivity contribution in [3.8, 4) is 5.75 Å². The van der Waals surface area contributed by atoms with E-state index >= 15 is 0 Å². The highest BCUT2D eigenvalue weighted by Gasteiger charge is 2.56. The van der Waals surface area contributed by atoms with Crippen LogP contribution in [0, 0.1) is 23.2 Å². The molecule has 4 saturated carbocycles. The molecule has 4 fully saturated rings. The van der Waals surface area contributed by atoms with Crippen LogP contribution in [0.25, 0.3) is 0 Å². The predicted molar refractivity (Wildman–Crippen MR) is 129 cm³/mol. The summed E-state index contributed by atoms with van der Waals surface area (Å²) < 4.78 is 11.5. The van der Waals surface area contributed by atoms with E-state index < -0.39 is 9.71 Å². The summed E-state index contributed by atoms with van der Waals surface area (Å²) in [5.41, 5.74) is 1.20. The molecule has 2 aromatic rings. The molecule has 2 unspecified atom stereocenters. The minimum atomic E-state index is -1.03. The predicted octanol–water partition coefficient (Wildman–Crippen LogP) is 5.72. The molecule has 5 heteroatoms. The number of ether oxygens (including phenoxy) is 2. The van der Waals surface area contributed by atoms with Gasteiger partial charge in [-0.2, -0.15) is 0 Å². The summed E-state index contributed by atoms with van der Waals surface area (Å²) in [6.45, 7) is 0.0331. The van der Waals surface area contributed by atoms with Crippen LogP contribution in [0.4, 0.5) is 0 Å². The second kappa shape index (κ2) is 7.66. The molecule has 4 aliphatic carbocycles. The average Bonchev–Trinajstić information content (AvgIpc) is 3.09. The quantitative estimate of drug-likeness (QED) is 0.266. The number of para-hydroxylation sites is 1. The molecule has 166 valence electrons. The van der Waals surface area contributed by atoms with E-state index in [0.29, 0.717) is 29.1 Å². The lowest BCUT2D eigenvalue weighted by Gasteiger charge is -2.56. The molecule has 1 aliphatic heterocycles. The summed E-state index contributed by atoms with van der Waals surface area (Å²) >= 11 is 2.19. The van der Waals surface area contributed by atoms with Crippen LogP contribution in [-0.2, 0) is 13.1 Å². The van der Waals surface area contributed by atoms with Crippen LogP contribution in [0.15, 0.2) is 54.6 Å². The summed E-state index contributed by atoms with van der Waals surface area (Å²) in [4.78, 5) is 27.0. The molecule has 0 radical (unpaired) electrons. The van der Waals surface area contributed by atoms with Gasteiger partial charge in [-0.1, -0.05) is 48.5 Å². The van der Waals surface area contributed by atoms with Crippen molar-refractivity contribution in [1.82, 2.24) is 0 Å². The molecule has 0 aromatic heterocycles. The highest BCUT2D eigenvalue weighted by Crippen LogP contribution is 2.60. The van der Waals surface area contributed by atoms with Crippen LogP contribution >= 0.6 is 22.6 Å². The largest absolute Gasteiger partial charge is 0.477 e. The van der Waals surface area contributed by atoms with Gasteiger partial charge in [0, 0.05) is 16.5 Å². The Hall–Kier alpha value is -1.73. The SMILES string of the molecule is O=C(c1ccccc1)C1Oc2ccccc2C1(I)OCC(=O)C12CC3CC(CC(C3)C1)C2. The molecule has 1 heterocycles. The number of alkyl halides is 1. The van der Waals surface area contributed by atoms with Gasteiger partial charge in [-0.3, -0.25) is 9.59 Å². The molecule has 2 atom stereocenters. The molecule has 4 bridgehead atoms. The molecule has 32 heavy (non-hydrogen) atoms. The van der Waals surface area contributed by atoms with Crippen molar-refractivity contribution in [3.05, 3.63) is 65.7 Å². The van der Waals surface area contributed by atoms with Crippen LogP contribution in [0.5, 0.6) is 5.75 Å².